The zero-order valence-electron chi connectivity index (χ0n) is 18.8. The number of ether oxygens (including phenoxy) is 1. The van der Waals surface area contributed by atoms with Gasteiger partial charge in [-0.15, -0.1) is 0 Å². The second-order valence-electron chi connectivity index (χ2n) is 9.19. The number of rotatable bonds is 11. The molecular weight excluding hydrogens is 366 g/mol. The SMILES string of the molecule is C[C@@H](O)[C@H](NC(=O)/C=C/C=C/CCCCCC1CCCCC1)C(=O)OC(C)(C)C. The molecule has 0 spiro atoms. The van der Waals surface area contributed by atoms with Gasteiger partial charge in [0.1, 0.15) is 5.60 Å². The number of carbonyl (C=O) groups excluding carboxylic acids is 2. The van der Waals surface area contributed by atoms with Gasteiger partial charge in [0, 0.05) is 6.08 Å². The molecule has 0 aromatic rings. The fraction of sp³-hybridized carbons (Fsp3) is 0.750. The second kappa shape index (κ2) is 13.6. The summed E-state index contributed by atoms with van der Waals surface area (Å²) < 4.78 is 5.24. The average Bonchev–Trinajstić information content (AvgIpc) is 2.63. The molecule has 1 aliphatic carbocycles. The number of hydrogen-bond donors (Lipinski definition) is 2. The van der Waals surface area contributed by atoms with Crippen LogP contribution in [0.15, 0.2) is 24.3 Å². The monoisotopic (exact) mass is 407 g/mol. The number of carbonyl (C=O) groups is 2. The van der Waals surface area contributed by atoms with Crippen molar-refractivity contribution in [3.05, 3.63) is 24.3 Å². The van der Waals surface area contributed by atoms with Gasteiger partial charge in [-0.2, -0.15) is 0 Å². The molecular formula is C24H41NO4. The van der Waals surface area contributed by atoms with E-state index in [-0.39, 0.29) is 0 Å². The lowest BCUT2D eigenvalue weighted by Crippen LogP contribution is -2.49. The van der Waals surface area contributed by atoms with Gasteiger partial charge >= 0.3 is 5.97 Å². The van der Waals surface area contributed by atoms with Crippen molar-refractivity contribution in [1.82, 2.24) is 5.32 Å². The molecule has 2 atom stereocenters. The van der Waals surface area contributed by atoms with E-state index in [1.165, 1.54) is 70.8 Å². The summed E-state index contributed by atoms with van der Waals surface area (Å²) in [5.41, 5.74) is -0.677. The Morgan fingerprint density at radius 2 is 1.79 bits per heavy atom. The van der Waals surface area contributed by atoms with E-state index in [1.807, 2.05) is 6.08 Å². The Labute approximate surface area is 177 Å². The quantitative estimate of drug-likeness (QED) is 0.222. The first-order valence-corrected chi connectivity index (χ1v) is 11.2. The third kappa shape index (κ3) is 12.5. The van der Waals surface area contributed by atoms with Crippen LogP contribution in [0.4, 0.5) is 0 Å². The van der Waals surface area contributed by atoms with Gasteiger partial charge in [-0.25, -0.2) is 4.79 Å². The second-order valence-corrected chi connectivity index (χ2v) is 9.19. The lowest BCUT2D eigenvalue weighted by Gasteiger charge is -2.25. The predicted octanol–water partition coefficient (Wildman–Crippen LogP) is 4.84. The molecule has 1 amide bonds. The number of allylic oxidation sites excluding steroid dienone is 3. The van der Waals surface area contributed by atoms with Crippen LogP contribution in [0.5, 0.6) is 0 Å². The summed E-state index contributed by atoms with van der Waals surface area (Å²) in [5.74, 6) is -0.108. The first-order chi connectivity index (χ1) is 13.7. The molecule has 0 aliphatic heterocycles. The van der Waals surface area contributed by atoms with Crippen molar-refractivity contribution in [3.63, 3.8) is 0 Å². The summed E-state index contributed by atoms with van der Waals surface area (Å²) in [7, 11) is 0. The summed E-state index contributed by atoms with van der Waals surface area (Å²) >= 11 is 0. The summed E-state index contributed by atoms with van der Waals surface area (Å²) in [6.07, 6.45) is 19.2. The lowest BCUT2D eigenvalue weighted by molar-refractivity contribution is -0.161. The van der Waals surface area contributed by atoms with Crippen molar-refractivity contribution in [2.45, 2.75) is 110 Å². The van der Waals surface area contributed by atoms with Gasteiger partial charge in [-0.1, -0.05) is 69.6 Å². The van der Waals surface area contributed by atoms with Crippen LogP contribution in [0.3, 0.4) is 0 Å². The Morgan fingerprint density at radius 1 is 1.10 bits per heavy atom. The van der Waals surface area contributed by atoms with Crippen LogP contribution >= 0.6 is 0 Å². The number of nitrogens with one attached hydrogen (secondary N) is 1. The molecule has 0 heterocycles. The Kier molecular flexibility index (Phi) is 11.9. The Hall–Kier alpha value is -1.62. The summed E-state index contributed by atoms with van der Waals surface area (Å²) in [6.45, 7) is 6.68. The molecule has 1 saturated carbocycles. The predicted molar refractivity (Wildman–Crippen MR) is 117 cm³/mol. The zero-order valence-corrected chi connectivity index (χ0v) is 18.8. The molecule has 0 unspecified atom stereocenters. The summed E-state index contributed by atoms with van der Waals surface area (Å²) in [4.78, 5) is 24.1. The third-order valence-corrected chi connectivity index (χ3v) is 5.14. The Bertz CT molecular complexity index is 540. The van der Waals surface area contributed by atoms with Crippen molar-refractivity contribution in [1.29, 1.82) is 0 Å². The molecule has 29 heavy (non-hydrogen) atoms. The standard InChI is InChI=1S/C24H41NO4/c1-19(26)22(23(28)29-24(2,3)4)25-21(27)18-14-9-7-5-6-8-11-15-20-16-12-10-13-17-20/h7,9,14,18-20,22,26H,5-6,8,10-13,15-17H2,1-4H3,(H,25,27)/b9-7+,18-14+/t19-,22+/m1/s1. The number of hydrogen-bond acceptors (Lipinski definition) is 4. The molecule has 1 aliphatic rings. The molecule has 5 heteroatoms. The molecule has 0 saturated heterocycles. The van der Waals surface area contributed by atoms with E-state index >= 15 is 0 Å². The largest absolute Gasteiger partial charge is 0.458 e. The fourth-order valence-corrected chi connectivity index (χ4v) is 3.61. The van der Waals surface area contributed by atoms with E-state index in [4.69, 9.17) is 4.74 Å². The molecule has 1 fully saturated rings. The molecule has 0 radical (unpaired) electrons. The van der Waals surface area contributed by atoms with Crippen LogP contribution in [-0.2, 0) is 14.3 Å². The van der Waals surface area contributed by atoms with Crippen molar-refractivity contribution >= 4 is 11.9 Å². The lowest BCUT2D eigenvalue weighted by atomic mass is 9.85. The van der Waals surface area contributed by atoms with Gasteiger partial charge in [-0.3, -0.25) is 4.79 Å². The summed E-state index contributed by atoms with van der Waals surface area (Å²) in [5, 5.41) is 12.3. The molecule has 5 nitrogen and oxygen atoms in total. The maximum Gasteiger partial charge on any atom is 0.331 e. The number of amides is 1. The smallest absolute Gasteiger partial charge is 0.331 e. The topological polar surface area (TPSA) is 75.6 Å². The molecule has 0 bridgehead atoms. The van der Waals surface area contributed by atoms with Gasteiger partial charge in [0.05, 0.1) is 6.10 Å². The number of unbranched alkanes of at least 4 members (excludes halogenated alkanes) is 3. The van der Waals surface area contributed by atoms with Gasteiger partial charge in [0.2, 0.25) is 5.91 Å². The maximum atomic E-state index is 12.1. The van der Waals surface area contributed by atoms with Gasteiger partial charge < -0.3 is 15.2 Å². The highest BCUT2D eigenvalue weighted by Gasteiger charge is 2.29. The maximum absolute atomic E-state index is 12.1. The molecule has 1 rings (SSSR count). The minimum Gasteiger partial charge on any atom is -0.458 e. The minimum atomic E-state index is -1.08. The van der Waals surface area contributed by atoms with Crippen molar-refractivity contribution in [3.8, 4) is 0 Å². The Balaban J connectivity index is 2.22. The van der Waals surface area contributed by atoms with E-state index in [1.54, 1.807) is 26.8 Å². The molecule has 0 aromatic carbocycles. The van der Waals surface area contributed by atoms with E-state index in [0.29, 0.717) is 0 Å². The van der Waals surface area contributed by atoms with Crippen molar-refractivity contribution in [2.75, 3.05) is 0 Å². The van der Waals surface area contributed by atoms with Crippen LogP contribution in [0, 0.1) is 5.92 Å². The normalized spacial score (nSPS) is 18.1. The first kappa shape index (κ1) is 25.4. The van der Waals surface area contributed by atoms with E-state index in [2.05, 4.69) is 11.4 Å². The highest BCUT2D eigenvalue weighted by atomic mass is 16.6. The van der Waals surface area contributed by atoms with Gasteiger partial charge in [0.25, 0.3) is 0 Å². The fourth-order valence-electron chi connectivity index (χ4n) is 3.61. The number of aliphatic hydroxyl groups excluding tert-OH is 1. The minimum absolute atomic E-state index is 0.432. The summed E-state index contributed by atoms with van der Waals surface area (Å²) in [6, 6.07) is -1.08. The van der Waals surface area contributed by atoms with Crippen LogP contribution in [0.1, 0.15) is 91.9 Å². The van der Waals surface area contributed by atoms with Crippen LogP contribution in [0.2, 0.25) is 0 Å². The molecule has 166 valence electrons. The first-order valence-electron chi connectivity index (χ1n) is 11.2. The van der Waals surface area contributed by atoms with E-state index in [0.717, 1.165) is 12.3 Å². The average molecular weight is 408 g/mol. The van der Waals surface area contributed by atoms with Gasteiger partial charge in [0.15, 0.2) is 6.04 Å². The van der Waals surface area contributed by atoms with E-state index in [9.17, 15) is 14.7 Å². The highest BCUT2D eigenvalue weighted by Crippen LogP contribution is 2.27. The van der Waals surface area contributed by atoms with Gasteiger partial charge in [-0.05, 0) is 46.5 Å². The van der Waals surface area contributed by atoms with E-state index < -0.39 is 29.6 Å². The molecule has 0 aromatic heterocycles. The van der Waals surface area contributed by atoms with Crippen LogP contribution < -0.4 is 5.32 Å². The van der Waals surface area contributed by atoms with Crippen molar-refractivity contribution < 1.29 is 19.4 Å². The number of aliphatic hydroxyl groups is 1. The zero-order chi connectivity index (χ0) is 21.7. The Morgan fingerprint density at radius 3 is 2.41 bits per heavy atom. The third-order valence-electron chi connectivity index (χ3n) is 5.14. The van der Waals surface area contributed by atoms with Crippen LogP contribution in [-0.4, -0.2) is 34.7 Å². The molecule has 2 N–H and O–H groups in total. The van der Waals surface area contributed by atoms with Crippen LogP contribution in [0.25, 0.3) is 0 Å². The van der Waals surface area contributed by atoms with Crippen molar-refractivity contribution in [2.24, 2.45) is 5.92 Å². The number of esters is 1. The highest BCUT2D eigenvalue weighted by molar-refractivity contribution is 5.92.